The van der Waals surface area contributed by atoms with Crippen molar-refractivity contribution in [1.29, 1.82) is 0 Å². The number of hydrogen-bond donors (Lipinski definition) is 1. The van der Waals surface area contributed by atoms with Crippen LogP contribution in [0, 0.1) is 17.5 Å². The number of carbonyl (C=O) groups excluding carboxylic acids is 1. The fraction of sp³-hybridized carbons (Fsp3) is 0.364. The normalized spacial score (nSPS) is 22.0. The van der Waals surface area contributed by atoms with Crippen LogP contribution in [0.2, 0.25) is 0 Å². The number of urea groups is 1. The molecule has 2 aliphatic heterocycles. The van der Waals surface area contributed by atoms with Gasteiger partial charge in [0.25, 0.3) is 5.92 Å². The second-order valence-electron chi connectivity index (χ2n) is 8.10. The molecule has 2 atom stereocenters. The zero-order chi connectivity index (χ0) is 24.2. The van der Waals surface area contributed by atoms with Gasteiger partial charge in [0.15, 0.2) is 11.4 Å². The molecule has 0 aliphatic carbocycles. The van der Waals surface area contributed by atoms with Crippen molar-refractivity contribution in [2.24, 2.45) is 0 Å². The van der Waals surface area contributed by atoms with Crippen molar-refractivity contribution in [3.63, 3.8) is 0 Å². The topological polar surface area (TPSA) is 61.6 Å². The zero-order valence-electron chi connectivity index (χ0n) is 17.8. The average Bonchev–Trinajstić information content (AvgIpc) is 3.31. The van der Waals surface area contributed by atoms with E-state index in [1.807, 2.05) is 6.92 Å². The minimum atomic E-state index is -3.12. The van der Waals surface area contributed by atoms with Gasteiger partial charge < -0.3 is 9.42 Å². The third-order valence-corrected chi connectivity index (χ3v) is 6.89. The second kappa shape index (κ2) is 8.42. The Bertz CT molecular complexity index is 1250. The van der Waals surface area contributed by atoms with Crippen LogP contribution < -0.4 is 9.62 Å². The van der Waals surface area contributed by atoms with Crippen LogP contribution >= 0.6 is 11.9 Å². The molecular formula is C22H19F5N4O2S. The molecule has 2 saturated heterocycles. The molecule has 0 unspecified atom stereocenters. The minimum absolute atomic E-state index is 0.00399. The number of rotatable bonds is 5. The summed E-state index contributed by atoms with van der Waals surface area (Å²) >= 11 is 1.15. The number of nitrogens with zero attached hydrogens (tertiary/aromatic N) is 3. The Morgan fingerprint density at radius 2 is 1.97 bits per heavy atom. The number of hydrogen-bond acceptors (Lipinski definition) is 5. The van der Waals surface area contributed by atoms with Gasteiger partial charge in [-0.3, -0.25) is 9.62 Å². The van der Waals surface area contributed by atoms with Crippen molar-refractivity contribution in [3.8, 4) is 11.1 Å². The van der Waals surface area contributed by atoms with Gasteiger partial charge in [0.1, 0.15) is 29.5 Å². The van der Waals surface area contributed by atoms with Gasteiger partial charge in [-0.15, -0.1) is 0 Å². The Morgan fingerprint density at radius 3 is 2.68 bits per heavy atom. The van der Waals surface area contributed by atoms with E-state index in [1.54, 1.807) is 0 Å². The fourth-order valence-electron chi connectivity index (χ4n) is 4.61. The molecule has 0 saturated carbocycles. The Balaban J connectivity index is 1.55. The van der Waals surface area contributed by atoms with Crippen LogP contribution in [0.3, 0.4) is 0 Å². The molecule has 1 aromatic heterocycles. The average molecular weight is 498 g/mol. The predicted molar refractivity (Wildman–Crippen MR) is 117 cm³/mol. The van der Waals surface area contributed by atoms with Crippen molar-refractivity contribution in [3.05, 3.63) is 47.8 Å². The Kier molecular flexibility index (Phi) is 5.67. The van der Waals surface area contributed by atoms with Gasteiger partial charge in [-0.25, -0.2) is 26.7 Å². The molecule has 3 aromatic rings. The second-order valence-corrected chi connectivity index (χ2v) is 9.20. The van der Waals surface area contributed by atoms with E-state index < -0.39 is 47.1 Å². The van der Waals surface area contributed by atoms with E-state index in [9.17, 15) is 26.7 Å². The molecular weight excluding hydrogens is 479 g/mol. The first-order valence-corrected chi connectivity index (χ1v) is 11.6. The fourth-order valence-corrected chi connectivity index (χ4v) is 5.21. The number of aromatic nitrogens is 1. The van der Waals surface area contributed by atoms with Crippen LogP contribution in [0.5, 0.6) is 0 Å². The Morgan fingerprint density at radius 1 is 1.24 bits per heavy atom. The van der Waals surface area contributed by atoms with Gasteiger partial charge in [0, 0.05) is 36.5 Å². The molecule has 2 aromatic carbocycles. The van der Waals surface area contributed by atoms with E-state index in [1.165, 1.54) is 23.1 Å². The first kappa shape index (κ1) is 22.9. The summed E-state index contributed by atoms with van der Waals surface area (Å²) in [7, 11) is 0. The summed E-state index contributed by atoms with van der Waals surface area (Å²) in [5.41, 5.74) is -0.368. The van der Waals surface area contributed by atoms with Gasteiger partial charge in [0.2, 0.25) is 0 Å². The molecule has 2 fully saturated rings. The highest BCUT2D eigenvalue weighted by Gasteiger charge is 2.60. The number of amides is 2. The maximum Gasteiger partial charge on any atom is 0.326 e. The van der Waals surface area contributed by atoms with Crippen LogP contribution in [-0.4, -0.2) is 52.9 Å². The highest BCUT2D eigenvalue weighted by molar-refractivity contribution is 7.97. The quantitative estimate of drug-likeness (QED) is 0.388. The zero-order valence-corrected chi connectivity index (χ0v) is 18.6. The van der Waals surface area contributed by atoms with E-state index >= 15 is 0 Å². The first-order chi connectivity index (χ1) is 16.2. The Labute approximate surface area is 195 Å². The van der Waals surface area contributed by atoms with E-state index in [-0.39, 0.29) is 41.9 Å². The maximum atomic E-state index is 14.9. The van der Waals surface area contributed by atoms with E-state index in [4.69, 9.17) is 4.52 Å². The van der Waals surface area contributed by atoms with Crippen LogP contribution in [0.15, 0.2) is 34.9 Å². The Hall–Kier alpha value is -2.86. The lowest BCUT2D eigenvalue weighted by Crippen LogP contribution is -2.55. The molecule has 12 heteroatoms. The largest absolute Gasteiger partial charge is 0.354 e. The molecule has 2 aliphatic rings. The summed E-state index contributed by atoms with van der Waals surface area (Å²) in [6.45, 7) is 1.53. The number of halogens is 5. The summed E-state index contributed by atoms with van der Waals surface area (Å²) < 4.78 is 80.5. The van der Waals surface area contributed by atoms with Crippen LogP contribution in [0.25, 0.3) is 22.1 Å². The van der Waals surface area contributed by atoms with Crippen molar-refractivity contribution in [2.75, 3.05) is 23.7 Å². The number of anilines is 1. The molecule has 34 heavy (non-hydrogen) atoms. The SMILES string of the molecule is CCSN[C@@H]1CN2C(=O)N(c3noc4cccc(-c5c(F)cc(F)cc5F)c34)CC[C@@H]2C1(F)F. The maximum absolute atomic E-state index is 14.9. The van der Waals surface area contributed by atoms with Crippen molar-refractivity contribution >= 4 is 34.8 Å². The standard InChI is InChI=1S/C22H19F5N4O2S/c1-2-34-29-16-10-31-17(22(16,26)27)6-7-30(21(31)32)20-19-12(4-3-5-15(19)33-28-20)18-13(24)8-11(23)9-14(18)25/h3-5,8-9,16-17,29H,2,6-7,10H2,1H3/t16-,17-/m1/s1. The van der Waals surface area contributed by atoms with Gasteiger partial charge in [-0.1, -0.05) is 36.2 Å². The summed E-state index contributed by atoms with van der Waals surface area (Å²) in [6.07, 6.45) is -0.0382. The van der Waals surface area contributed by atoms with Crippen molar-refractivity contribution in [2.45, 2.75) is 31.4 Å². The monoisotopic (exact) mass is 498 g/mol. The lowest BCUT2D eigenvalue weighted by Gasteiger charge is -2.37. The predicted octanol–water partition coefficient (Wildman–Crippen LogP) is 5.19. The smallest absolute Gasteiger partial charge is 0.326 e. The number of nitrogens with one attached hydrogen (secondary N) is 1. The summed E-state index contributed by atoms with van der Waals surface area (Å²) in [6, 6.07) is 2.28. The molecule has 2 amide bonds. The molecule has 180 valence electrons. The first-order valence-electron chi connectivity index (χ1n) is 10.6. The molecule has 6 nitrogen and oxygen atoms in total. The number of fused-ring (bicyclic) bond motifs is 2. The van der Waals surface area contributed by atoms with E-state index in [0.717, 1.165) is 16.8 Å². The molecule has 1 N–H and O–H groups in total. The molecule has 3 heterocycles. The van der Waals surface area contributed by atoms with E-state index in [2.05, 4.69) is 9.88 Å². The van der Waals surface area contributed by atoms with Crippen molar-refractivity contribution in [1.82, 2.24) is 14.8 Å². The number of benzene rings is 2. The highest BCUT2D eigenvalue weighted by Crippen LogP contribution is 2.43. The minimum Gasteiger partial charge on any atom is -0.354 e. The van der Waals surface area contributed by atoms with Crippen LogP contribution in [0.1, 0.15) is 13.3 Å². The lowest BCUT2D eigenvalue weighted by molar-refractivity contribution is -0.0443. The van der Waals surface area contributed by atoms with E-state index in [0.29, 0.717) is 17.9 Å². The highest BCUT2D eigenvalue weighted by atomic mass is 32.2. The summed E-state index contributed by atoms with van der Waals surface area (Å²) in [5, 5.41) is 4.05. The third-order valence-electron chi connectivity index (χ3n) is 6.15. The molecule has 0 bridgehead atoms. The number of alkyl halides is 2. The van der Waals surface area contributed by atoms with Gasteiger partial charge >= 0.3 is 6.03 Å². The third kappa shape index (κ3) is 3.50. The van der Waals surface area contributed by atoms with Crippen LogP contribution in [0.4, 0.5) is 32.6 Å². The molecule has 5 rings (SSSR count). The van der Waals surface area contributed by atoms with Crippen molar-refractivity contribution < 1.29 is 31.3 Å². The summed E-state index contributed by atoms with van der Waals surface area (Å²) in [5.74, 6) is -5.93. The lowest BCUT2D eigenvalue weighted by atomic mass is 9.99. The van der Waals surface area contributed by atoms with Crippen LogP contribution in [-0.2, 0) is 0 Å². The molecule has 0 spiro atoms. The van der Waals surface area contributed by atoms with Gasteiger partial charge in [-0.05, 0) is 12.5 Å². The molecule has 0 radical (unpaired) electrons. The van der Waals surface area contributed by atoms with Gasteiger partial charge in [-0.2, -0.15) is 0 Å². The van der Waals surface area contributed by atoms with Gasteiger partial charge in [0.05, 0.1) is 10.9 Å². The summed E-state index contributed by atoms with van der Waals surface area (Å²) in [4.78, 5) is 15.6. The number of carbonyl (C=O) groups is 1.